The number of benzene rings is 1. The highest BCUT2D eigenvalue weighted by Gasteiger charge is 2.44. The van der Waals surface area contributed by atoms with Gasteiger partial charge < -0.3 is 19.4 Å². The van der Waals surface area contributed by atoms with Crippen LogP contribution in [0.3, 0.4) is 0 Å². The normalized spacial score (nSPS) is 22.4. The maximum absolute atomic E-state index is 12.9. The Morgan fingerprint density at radius 1 is 1.16 bits per heavy atom. The van der Waals surface area contributed by atoms with Crippen LogP contribution in [0.25, 0.3) is 0 Å². The Morgan fingerprint density at radius 3 is 2.61 bits per heavy atom. The zero-order chi connectivity index (χ0) is 21.4. The van der Waals surface area contributed by atoms with Crippen molar-refractivity contribution in [2.75, 3.05) is 13.1 Å². The second-order valence-electron chi connectivity index (χ2n) is 9.31. The molecule has 3 aliphatic rings. The number of fused-ring (bicyclic) bond motifs is 1. The molecule has 1 atom stereocenters. The maximum Gasteiger partial charge on any atom is 0.257 e. The lowest BCUT2D eigenvalue weighted by Crippen LogP contribution is -2.52. The monoisotopic (exact) mass is 422 g/mol. The molecular weight excluding hydrogens is 392 g/mol. The third-order valence-electron chi connectivity index (χ3n) is 7.26. The van der Waals surface area contributed by atoms with E-state index in [0.717, 1.165) is 43.4 Å². The summed E-state index contributed by atoms with van der Waals surface area (Å²) in [5.41, 5.74) is 1.44. The van der Waals surface area contributed by atoms with Crippen molar-refractivity contribution in [3.63, 3.8) is 0 Å². The zero-order valence-electron chi connectivity index (χ0n) is 18.1. The number of amides is 2. The molecule has 2 fully saturated rings. The number of nitrogens with one attached hydrogen (secondary N) is 1. The summed E-state index contributed by atoms with van der Waals surface area (Å²) < 4.78 is 11.8. The molecule has 1 N–H and O–H groups in total. The molecule has 5 rings (SSSR count). The van der Waals surface area contributed by atoms with Gasteiger partial charge in [-0.25, -0.2) is 0 Å². The van der Waals surface area contributed by atoms with Crippen molar-refractivity contribution in [1.82, 2.24) is 10.2 Å². The topological polar surface area (TPSA) is 71.8 Å². The molecule has 2 aliphatic heterocycles. The summed E-state index contributed by atoms with van der Waals surface area (Å²) in [7, 11) is 0. The lowest BCUT2D eigenvalue weighted by Gasteiger charge is -2.47. The Labute approximate surface area is 182 Å². The van der Waals surface area contributed by atoms with E-state index >= 15 is 0 Å². The first-order chi connectivity index (χ1) is 15.0. The Bertz CT molecular complexity index is 969. The lowest BCUT2D eigenvalue weighted by atomic mass is 9.76. The van der Waals surface area contributed by atoms with Gasteiger partial charge in [0.05, 0.1) is 11.8 Å². The molecule has 1 aromatic heterocycles. The molecule has 1 saturated carbocycles. The van der Waals surface area contributed by atoms with E-state index in [-0.39, 0.29) is 23.3 Å². The predicted octanol–water partition coefficient (Wildman–Crippen LogP) is 4.19. The van der Waals surface area contributed by atoms with Gasteiger partial charge in [0.1, 0.15) is 17.1 Å². The number of ether oxygens (including phenoxy) is 1. The van der Waals surface area contributed by atoms with E-state index in [2.05, 4.69) is 11.4 Å². The fourth-order valence-electron chi connectivity index (χ4n) is 5.19. The number of nitrogens with zero attached hydrogens (tertiary/aromatic N) is 1. The van der Waals surface area contributed by atoms with Gasteiger partial charge in [-0.3, -0.25) is 9.59 Å². The third-order valence-corrected chi connectivity index (χ3v) is 7.26. The van der Waals surface area contributed by atoms with Gasteiger partial charge in [0, 0.05) is 44.3 Å². The number of furan rings is 1. The van der Waals surface area contributed by atoms with Crippen LogP contribution in [0.2, 0.25) is 0 Å². The highest BCUT2D eigenvalue weighted by molar-refractivity contribution is 5.95. The van der Waals surface area contributed by atoms with Crippen LogP contribution in [0.15, 0.2) is 41.0 Å². The molecule has 2 amide bonds. The van der Waals surface area contributed by atoms with E-state index in [1.165, 1.54) is 6.42 Å². The Morgan fingerprint density at radius 2 is 1.94 bits per heavy atom. The van der Waals surface area contributed by atoms with Gasteiger partial charge in [0.15, 0.2) is 0 Å². The van der Waals surface area contributed by atoms with Crippen molar-refractivity contribution >= 4 is 11.8 Å². The Balaban J connectivity index is 1.29. The first-order valence-electron chi connectivity index (χ1n) is 11.4. The summed E-state index contributed by atoms with van der Waals surface area (Å²) in [5.74, 6) is 1.85. The van der Waals surface area contributed by atoms with Crippen molar-refractivity contribution in [3.8, 4) is 5.75 Å². The van der Waals surface area contributed by atoms with Crippen LogP contribution >= 0.6 is 0 Å². The number of hydrogen-bond donors (Lipinski definition) is 1. The van der Waals surface area contributed by atoms with E-state index in [0.29, 0.717) is 36.9 Å². The van der Waals surface area contributed by atoms with Crippen molar-refractivity contribution in [3.05, 3.63) is 53.5 Å². The molecule has 6 nitrogen and oxygen atoms in total. The van der Waals surface area contributed by atoms with E-state index in [4.69, 9.17) is 9.15 Å². The molecule has 164 valence electrons. The van der Waals surface area contributed by atoms with Gasteiger partial charge in [0.25, 0.3) is 5.91 Å². The Kier molecular flexibility index (Phi) is 5.24. The molecule has 1 aliphatic carbocycles. The van der Waals surface area contributed by atoms with Gasteiger partial charge in [-0.1, -0.05) is 18.2 Å². The van der Waals surface area contributed by atoms with E-state index in [9.17, 15) is 9.59 Å². The van der Waals surface area contributed by atoms with Gasteiger partial charge in [0.2, 0.25) is 5.91 Å². The summed E-state index contributed by atoms with van der Waals surface area (Å²) in [5, 5.41) is 3.19. The number of hydrogen-bond acceptors (Lipinski definition) is 4. The molecule has 2 aromatic rings. The van der Waals surface area contributed by atoms with Gasteiger partial charge in [-0.2, -0.15) is 0 Å². The fraction of sp³-hybridized carbons (Fsp3) is 0.520. The summed E-state index contributed by atoms with van der Waals surface area (Å²) in [4.78, 5) is 27.5. The number of likely N-dealkylation sites (tertiary alicyclic amines) is 1. The van der Waals surface area contributed by atoms with Gasteiger partial charge >= 0.3 is 0 Å². The minimum absolute atomic E-state index is 0.0220. The minimum atomic E-state index is -0.321. The molecule has 6 heteroatoms. The highest BCUT2D eigenvalue weighted by Crippen LogP contribution is 2.46. The SMILES string of the molecule is Cc1occc1C(=O)N1CCC2(CC1)C[C@@H](CC(=O)NC1CCC1)c1ccccc1O2. The average Bonchev–Trinajstić information content (AvgIpc) is 3.17. The van der Waals surface area contributed by atoms with Crippen LogP contribution in [0.5, 0.6) is 5.75 Å². The predicted molar refractivity (Wildman–Crippen MR) is 116 cm³/mol. The highest BCUT2D eigenvalue weighted by atomic mass is 16.5. The molecule has 0 bridgehead atoms. The van der Waals surface area contributed by atoms with Crippen molar-refractivity contribution in [1.29, 1.82) is 0 Å². The van der Waals surface area contributed by atoms with Crippen LogP contribution in [-0.2, 0) is 4.79 Å². The largest absolute Gasteiger partial charge is 0.487 e. The lowest BCUT2D eigenvalue weighted by molar-refractivity contribution is -0.123. The minimum Gasteiger partial charge on any atom is -0.487 e. The smallest absolute Gasteiger partial charge is 0.257 e. The number of carbonyl (C=O) groups is 2. The fourth-order valence-corrected chi connectivity index (χ4v) is 5.19. The van der Waals surface area contributed by atoms with Crippen LogP contribution in [0, 0.1) is 6.92 Å². The number of para-hydroxylation sites is 1. The van der Waals surface area contributed by atoms with Crippen LogP contribution in [0.1, 0.15) is 72.5 Å². The second-order valence-corrected chi connectivity index (χ2v) is 9.31. The molecule has 1 saturated heterocycles. The second kappa shape index (κ2) is 8.06. The zero-order valence-corrected chi connectivity index (χ0v) is 18.1. The first kappa shape index (κ1) is 20.2. The van der Waals surface area contributed by atoms with Gasteiger partial charge in [-0.05, 0) is 50.3 Å². The van der Waals surface area contributed by atoms with E-state index in [1.54, 1.807) is 12.3 Å². The molecule has 31 heavy (non-hydrogen) atoms. The number of rotatable bonds is 4. The van der Waals surface area contributed by atoms with Crippen molar-refractivity contribution in [2.24, 2.45) is 0 Å². The average molecular weight is 423 g/mol. The summed E-state index contributed by atoms with van der Waals surface area (Å²) in [6.07, 6.45) is 7.82. The number of piperidine rings is 1. The maximum atomic E-state index is 12.9. The number of carbonyl (C=O) groups excluding carboxylic acids is 2. The Hall–Kier alpha value is -2.76. The summed E-state index contributed by atoms with van der Waals surface area (Å²) in [6.45, 7) is 3.11. The standard InChI is InChI=1S/C25H30N2O4/c1-17-20(9-14-30-17)24(29)27-12-10-25(11-13-27)16-18(15-23(28)26-19-5-4-6-19)21-7-2-3-8-22(21)31-25/h2-3,7-9,14,18-19H,4-6,10-13,15-16H2,1H3,(H,26,28)/t18-/m1/s1. The third kappa shape index (κ3) is 3.95. The summed E-state index contributed by atoms with van der Waals surface area (Å²) >= 11 is 0. The van der Waals surface area contributed by atoms with E-state index in [1.807, 2.05) is 30.0 Å². The van der Waals surface area contributed by atoms with Crippen molar-refractivity contribution < 1.29 is 18.7 Å². The first-order valence-corrected chi connectivity index (χ1v) is 11.4. The van der Waals surface area contributed by atoms with Crippen LogP contribution in [0.4, 0.5) is 0 Å². The van der Waals surface area contributed by atoms with Crippen molar-refractivity contribution in [2.45, 2.75) is 69.4 Å². The summed E-state index contributed by atoms with van der Waals surface area (Å²) in [6, 6.07) is 10.2. The number of aryl methyl sites for hydroxylation is 1. The molecule has 0 unspecified atom stereocenters. The van der Waals surface area contributed by atoms with E-state index < -0.39 is 0 Å². The van der Waals surface area contributed by atoms with Crippen LogP contribution in [-0.4, -0.2) is 41.4 Å². The van der Waals surface area contributed by atoms with Gasteiger partial charge in [-0.15, -0.1) is 0 Å². The van der Waals surface area contributed by atoms with Crippen LogP contribution < -0.4 is 10.1 Å². The molecule has 3 heterocycles. The molecule has 1 aromatic carbocycles. The molecule has 0 radical (unpaired) electrons. The molecule has 1 spiro atoms. The molecular formula is C25H30N2O4. The quantitative estimate of drug-likeness (QED) is 0.802.